The second kappa shape index (κ2) is 7.08. The van der Waals surface area contributed by atoms with Gasteiger partial charge >= 0.3 is 0 Å². The van der Waals surface area contributed by atoms with E-state index in [1.807, 2.05) is 23.1 Å². The first-order valence-corrected chi connectivity index (χ1v) is 8.17. The molecule has 2 rings (SSSR count). The molecule has 1 aliphatic rings. The van der Waals surface area contributed by atoms with E-state index in [9.17, 15) is 4.79 Å². The highest BCUT2D eigenvalue weighted by atomic mass is 16.2. The summed E-state index contributed by atoms with van der Waals surface area (Å²) in [6.45, 7) is 8.00. The molecule has 1 fully saturated rings. The first kappa shape index (κ1) is 16.0. The Kier molecular flexibility index (Phi) is 5.40. The zero-order valence-corrected chi connectivity index (χ0v) is 13.6. The average Bonchev–Trinajstić information content (AvgIpc) is 2.53. The molecule has 1 heterocycles. The molecule has 1 saturated heterocycles. The van der Waals surface area contributed by atoms with Crippen LogP contribution in [0, 0.1) is 0 Å². The quantitative estimate of drug-likeness (QED) is 0.901. The van der Waals surface area contributed by atoms with Crippen LogP contribution in [-0.4, -0.2) is 28.9 Å². The molecule has 0 bridgehead atoms. The van der Waals surface area contributed by atoms with E-state index in [2.05, 4.69) is 38.2 Å². The van der Waals surface area contributed by atoms with Crippen molar-refractivity contribution in [2.75, 3.05) is 6.54 Å². The van der Waals surface area contributed by atoms with Gasteiger partial charge in [0.05, 0.1) is 5.54 Å². The first-order valence-electron chi connectivity index (χ1n) is 8.17. The maximum atomic E-state index is 13.1. The Morgan fingerprint density at radius 3 is 2.62 bits per heavy atom. The number of nitrogens with one attached hydrogen (secondary N) is 1. The standard InChI is InChI=1S/C18H28N2O/c1-4-15(2)20(14-16-10-6-5-7-11-16)17(21)18(3)12-8-9-13-19-18/h5-7,10-11,15,19H,4,8-9,12-14H2,1-3H3. The summed E-state index contributed by atoms with van der Waals surface area (Å²) >= 11 is 0. The van der Waals surface area contributed by atoms with Crippen LogP contribution in [0.3, 0.4) is 0 Å². The molecule has 1 aromatic carbocycles. The molecule has 3 heteroatoms. The molecule has 0 aromatic heterocycles. The van der Waals surface area contributed by atoms with Crippen molar-refractivity contribution in [3.05, 3.63) is 35.9 Å². The van der Waals surface area contributed by atoms with Gasteiger partial charge in [-0.25, -0.2) is 0 Å². The summed E-state index contributed by atoms with van der Waals surface area (Å²) in [7, 11) is 0. The Balaban J connectivity index is 2.17. The summed E-state index contributed by atoms with van der Waals surface area (Å²) in [4.78, 5) is 15.1. The fourth-order valence-electron chi connectivity index (χ4n) is 2.98. The Morgan fingerprint density at radius 2 is 2.05 bits per heavy atom. The number of carbonyl (C=O) groups excluding carboxylic acids is 1. The summed E-state index contributed by atoms with van der Waals surface area (Å²) in [5.41, 5.74) is 0.807. The third kappa shape index (κ3) is 3.85. The van der Waals surface area contributed by atoms with Crippen molar-refractivity contribution in [3.8, 4) is 0 Å². The topological polar surface area (TPSA) is 32.3 Å². The van der Waals surface area contributed by atoms with Gasteiger partial charge in [-0.1, -0.05) is 37.3 Å². The predicted molar refractivity (Wildman–Crippen MR) is 87.0 cm³/mol. The van der Waals surface area contributed by atoms with Gasteiger partial charge in [0.25, 0.3) is 0 Å². The van der Waals surface area contributed by atoms with Crippen LogP contribution in [0.2, 0.25) is 0 Å². The molecular weight excluding hydrogens is 260 g/mol. The fourth-order valence-corrected chi connectivity index (χ4v) is 2.98. The van der Waals surface area contributed by atoms with Gasteiger partial charge in [0.1, 0.15) is 0 Å². The highest BCUT2D eigenvalue weighted by Crippen LogP contribution is 2.24. The number of amides is 1. The van der Waals surface area contributed by atoms with Crippen molar-refractivity contribution in [3.63, 3.8) is 0 Å². The molecule has 1 aromatic rings. The molecule has 0 aliphatic carbocycles. The summed E-state index contributed by atoms with van der Waals surface area (Å²) < 4.78 is 0. The van der Waals surface area contributed by atoms with Crippen molar-refractivity contribution in [2.24, 2.45) is 0 Å². The van der Waals surface area contributed by atoms with Crippen molar-refractivity contribution in [1.29, 1.82) is 0 Å². The number of rotatable bonds is 5. The minimum Gasteiger partial charge on any atom is -0.334 e. The smallest absolute Gasteiger partial charge is 0.243 e. The second-order valence-electron chi connectivity index (χ2n) is 6.39. The normalized spacial score (nSPS) is 23.6. The largest absolute Gasteiger partial charge is 0.334 e. The minimum absolute atomic E-state index is 0.250. The van der Waals surface area contributed by atoms with E-state index >= 15 is 0 Å². The van der Waals surface area contributed by atoms with Crippen molar-refractivity contribution in [2.45, 2.75) is 64.6 Å². The molecule has 116 valence electrons. The molecule has 1 aliphatic heterocycles. The van der Waals surface area contributed by atoms with Crippen LogP contribution in [0.4, 0.5) is 0 Å². The average molecular weight is 288 g/mol. The number of hydrogen-bond acceptors (Lipinski definition) is 2. The lowest BCUT2D eigenvalue weighted by Gasteiger charge is -2.40. The Labute approximate surface area is 128 Å². The van der Waals surface area contributed by atoms with E-state index in [0.717, 1.165) is 25.8 Å². The van der Waals surface area contributed by atoms with Crippen molar-refractivity contribution in [1.82, 2.24) is 10.2 Å². The maximum Gasteiger partial charge on any atom is 0.243 e. The molecule has 21 heavy (non-hydrogen) atoms. The minimum atomic E-state index is -0.392. The Morgan fingerprint density at radius 1 is 1.33 bits per heavy atom. The Bertz CT molecular complexity index is 452. The van der Waals surface area contributed by atoms with Crippen LogP contribution >= 0.6 is 0 Å². The monoisotopic (exact) mass is 288 g/mol. The second-order valence-corrected chi connectivity index (χ2v) is 6.39. The highest BCUT2D eigenvalue weighted by Gasteiger charge is 2.38. The van der Waals surface area contributed by atoms with E-state index in [0.29, 0.717) is 6.54 Å². The van der Waals surface area contributed by atoms with Crippen LogP contribution in [-0.2, 0) is 11.3 Å². The SMILES string of the molecule is CCC(C)N(Cc1ccccc1)C(=O)C1(C)CCCCN1. The summed E-state index contributed by atoms with van der Waals surface area (Å²) in [6, 6.07) is 10.5. The van der Waals surface area contributed by atoms with Crippen molar-refractivity contribution >= 4 is 5.91 Å². The molecule has 2 unspecified atom stereocenters. The van der Waals surface area contributed by atoms with Crippen LogP contribution in [0.5, 0.6) is 0 Å². The van der Waals surface area contributed by atoms with Crippen LogP contribution in [0.25, 0.3) is 0 Å². The van der Waals surface area contributed by atoms with E-state index in [1.165, 1.54) is 12.0 Å². The van der Waals surface area contributed by atoms with Gasteiger partial charge in [-0.2, -0.15) is 0 Å². The molecule has 2 atom stereocenters. The molecule has 1 amide bonds. The number of carbonyl (C=O) groups is 1. The molecular formula is C18H28N2O. The van der Waals surface area contributed by atoms with Gasteiger partial charge in [0.15, 0.2) is 0 Å². The lowest BCUT2D eigenvalue weighted by molar-refractivity contribution is -0.141. The van der Waals surface area contributed by atoms with Crippen LogP contribution in [0.15, 0.2) is 30.3 Å². The van der Waals surface area contributed by atoms with E-state index in [-0.39, 0.29) is 11.9 Å². The van der Waals surface area contributed by atoms with Crippen LogP contribution in [0.1, 0.15) is 52.0 Å². The number of hydrogen-bond donors (Lipinski definition) is 1. The van der Waals surface area contributed by atoms with E-state index < -0.39 is 5.54 Å². The zero-order valence-electron chi connectivity index (χ0n) is 13.6. The van der Waals surface area contributed by atoms with E-state index in [1.54, 1.807) is 0 Å². The van der Waals surface area contributed by atoms with Gasteiger partial charge < -0.3 is 10.2 Å². The predicted octanol–water partition coefficient (Wildman–Crippen LogP) is 3.35. The Hall–Kier alpha value is -1.35. The van der Waals surface area contributed by atoms with Gasteiger partial charge in [0, 0.05) is 12.6 Å². The summed E-state index contributed by atoms with van der Waals surface area (Å²) in [5, 5.41) is 3.45. The lowest BCUT2D eigenvalue weighted by atomic mass is 9.88. The summed E-state index contributed by atoms with van der Waals surface area (Å²) in [5.74, 6) is 0.250. The van der Waals surface area contributed by atoms with Gasteiger partial charge in [-0.15, -0.1) is 0 Å². The molecule has 0 spiro atoms. The summed E-state index contributed by atoms with van der Waals surface area (Å²) in [6.07, 6.45) is 4.22. The number of nitrogens with zero attached hydrogens (tertiary/aromatic N) is 1. The van der Waals surface area contributed by atoms with Gasteiger partial charge in [0.2, 0.25) is 5.91 Å². The third-order valence-corrected chi connectivity index (χ3v) is 4.67. The highest BCUT2D eigenvalue weighted by molar-refractivity contribution is 5.86. The van der Waals surface area contributed by atoms with E-state index in [4.69, 9.17) is 0 Å². The van der Waals surface area contributed by atoms with Gasteiger partial charge in [-0.3, -0.25) is 4.79 Å². The fraction of sp³-hybridized carbons (Fsp3) is 0.611. The number of piperidine rings is 1. The van der Waals surface area contributed by atoms with Crippen LogP contribution < -0.4 is 5.32 Å². The van der Waals surface area contributed by atoms with Crippen molar-refractivity contribution < 1.29 is 4.79 Å². The third-order valence-electron chi connectivity index (χ3n) is 4.67. The molecule has 1 N–H and O–H groups in total. The molecule has 0 radical (unpaired) electrons. The van der Waals surface area contributed by atoms with Gasteiger partial charge in [-0.05, 0) is 51.6 Å². The lowest BCUT2D eigenvalue weighted by Crippen LogP contribution is -2.59. The maximum absolute atomic E-state index is 13.1. The molecule has 3 nitrogen and oxygen atoms in total. The molecule has 0 saturated carbocycles. The zero-order chi connectivity index (χ0) is 15.3. The number of benzene rings is 1. The first-order chi connectivity index (χ1) is 10.1.